The minimum Gasteiger partial charge on any atom is -0.206 e. The minimum atomic E-state index is -4.20. The first-order valence-electron chi connectivity index (χ1n) is 3.53. The van der Waals surface area contributed by atoms with Crippen molar-refractivity contribution in [2.75, 3.05) is 5.75 Å². The summed E-state index contributed by atoms with van der Waals surface area (Å²) >= 11 is 3.53. The Morgan fingerprint density at radius 3 is 2.43 bits per heavy atom. The Hall–Kier alpha value is -0.230. The van der Waals surface area contributed by atoms with Gasteiger partial charge in [-0.2, -0.15) is 13.2 Å². The van der Waals surface area contributed by atoms with E-state index in [1.165, 1.54) is 12.1 Å². The highest BCUT2D eigenvalue weighted by molar-refractivity contribution is 9.10. The summed E-state index contributed by atoms with van der Waals surface area (Å²) in [6.45, 7) is 0. The number of benzene rings is 1. The van der Waals surface area contributed by atoms with Crippen molar-refractivity contribution in [2.24, 2.45) is 0 Å². The van der Waals surface area contributed by atoms with Crippen LogP contribution in [0, 0.1) is 5.82 Å². The Morgan fingerprint density at radius 2 is 1.93 bits per heavy atom. The molecule has 0 aliphatic carbocycles. The van der Waals surface area contributed by atoms with Crippen LogP contribution in [0.3, 0.4) is 0 Å². The van der Waals surface area contributed by atoms with E-state index < -0.39 is 17.7 Å². The first-order valence-corrected chi connectivity index (χ1v) is 5.31. The SMILES string of the molecule is Fc1ccc(SCC(F)(F)F)cc1Br. The van der Waals surface area contributed by atoms with E-state index in [4.69, 9.17) is 0 Å². The van der Waals surface area contributed by atoms with Gasteiger partial charge in [0.15, 0.2) is 0 Å². The zero-order valence-corrected chi connectivity index (χ0v) is 9.14. The van der Waals surface area contributed by atoms with E-state index in [-0.39, 0.29) is 4.47 Å². The number of halogens is 5. The molecule has 0 heterocycles. The van der Waals surface area contributed by atoms with E-state index in [1.807, 2.05) is 0 Å². The molecule has 0 bridgehead atoms. The summed E-state index contributed by atoms with van der Waals surface area (Å²) in [4.78, 5) is 0.385. The molecule has 0 radical (unpaired) electrons. The highest BCUT2D eigenvalue weighted by Crippen LogP contribution is 2.29. The third-order valence-corrected chi connectivity index (χ3v) is 2.96. The van der Waals surface area contributed by atoms with Gasteiger partial charge in [0.1, 0.15) is 5.82 Å². The quantitative estimate of drug-likeness (QED) is 0.579. The van der Waals surface area contributed by atoms with Crippen molar-refractivity contribution in [1.29, 1.82) is 0 Å². The Kier molecular flexibility index (Phi) is 3.83. The van der Waals surface area contributed by atoms with Crippen molar-refractivity contribution in [2.45, 2.75) is 11.1 Å². The van der Waals surface area contributed by atoms with Gasteiger partial charge >= 0.3 is 6.18 Å². The van der Waals surface area contributed by atoms with Crippen LogP contribution in [0.25, 0.3) is 0 Å². The molecule has 0 aliphatic rings. The zero-order chi connectivity index (χ0) is 10.8. The summed E-state index contributed by atoms with van der Waals surface area (Å²) in [5.41, 5.74) is 0. The van der Waals surface area contributed by atoms with Gasteiger partial charge in [0.25, 0.3) is 0 Å². The standard InChI is InChI=1S/C8H5BrF4S/c9-6-3-5(1-2-7(6)10)14-4-8(11,12)13/h1-3H,4H2. The van der Waals surface area contributed by atoms with Gasteiger partial charge in [-0.25, -0.2) is 4.39 Å². The Morgan fingerprint density at radius 1 is 1.29 bits per heavy atom. The first kappa shape index (κ1) is 11.8. The molecule has 0 spiro atoms. The molecular weight excluding hydrogens is 284 g/mol. The van der Waals surface area contributed by atoms with Crippen molar-refractivity contribution in [3.63, 3.8) is 0 Å². The van der Waals surface area contributed by atoms with E-state index in [2.05, 4.69) is 15.9 Å². The van der Waals surface area contributed by atoms with Crippen LogP contribution in [0.1, 0.15) is 0 Å². The Labute approximate surface area is 90.8 Å². The molecule has 1 aromatic carbocycles. The summed E-state index contributed by atoms with van der Waals surface area (Å²) in [6.07, 6.45) is -4.20. The van der Waals surface area contributed by atoms with Crippen molar-refractivity contribution >= 4 is 27.7 Å². The number of thioether (sulfide) groups is 1. The minimum absolute atomic E-state index is 0.171. The maximum Gasteiger partial charge on any atom is 0.398 e. The zero-order valence-electron chi connectivity index (χ0n) is 6.74. The molecule has 1 aromatic rings. The summed E-state index contributed by atoms with van der Waals surface area (Å²) in [6, 6.07) is 3.77. The lowest BCUT2D eigenvalue weighted by Gasteiger charge is -2.06. The molecule has 14 heavy (non-hydrogen) atoms. The van der Waals surface area contributed by atoms with Crippen LogP contribution in [0.15, 0.2) is 27.6 Å². The van der Waals surface area contributed by atoms with E-state index >= 15 is 0 Å². The normalized spacial score (nSPS) is 11.8. The summed E-state index contributed by atoms with van der Waals surface area (Å²) < 4.78 is 48.3. The fourth-order valence-corrected chi connectivity index (χ4v) is 1.96. The van der Waals surface area contributed by atoms with Gasteiger partial charge in [0, 0.05) is 4.90 Å². The second kappa shape index (κ2) is 4.53. The summed E-state index contributed by atoms with van der Waals surface area (Å²) in [5.74, 6) is -1.45. The number of rotatable bonds is 2. The molecule has 1 rings (SSSR count). The Balaban J connectivity index is 2.65. The molecular formula is C8H5BrF4S. The van der Waals surface area contributed by atoms with Gasteiger partial charge in [0.2, 0.25) is 0 Å². The Bertz CT molecular complexity index is 324. The lowest BCUT2D eigenvalue weighted by Crippen LogP contribution is -2.10. The average Bonchev–Trinajstić information content (AvgIpc) is 2.06. The summed E-state index contributed by atoms with van der Waals surface area (Å²) in [5, 5.41) is 0. The lowest BCUT2D eigenvalue weighted by molar-refractivity contribution is -0.105. The van der Waals surface area contributed by atoms with Crippen LogP contribution >= 0.6 is 27.7 Å². The van der Waals surface area contributed by atoms with Crippen LogP contribution in [-0.4, -0.2) is 11.9 Å². The van der Waals surface area contributed by atoms with E-state index in [0.717, 1.165) is 6.07 Å². The maximum atomic E-state index is 12.7. The van der Waals surface area contributed by atoms with Gasteiger partial charge in [0.05, 0.1) is 10.2 Å². The van der Waals surface area contributed by atoms with Crippen LogP contribution in [0.5, 0.6) is 0 Å². The summed E-state index contributed by atoms with van der Waals surface area (Å²) in [7, 11) is 0. The van der Waals surface area contributed by atoms with E-state index in [1.54, 1.807) is 0 Å². The predicted molar refractivity (Wildman–Crippen MR) is 50.9 cm³/mol. The third kappa shape index (κ3) is 3.88. The highest BCUT2D eigenvalue weighted by Gasteiger charge is 2.27. The molecule has 0 amide bonds. The molecule has 0 N–H and O–H groups in total. The molecule has 0 aromatic heterocycles. The van der Waals surface area contributed by atoms with Crippen molar-refractivity contribution in [3.05, 3.63) is 28.5 Å². The largest absolute Gasteiger partial charge is 0.398 e. The number of alkyl halides is 3. The first-order chi connectivity index (χ1) is 6.38. The molecule has 0 aliphatic heterocycles. The fourth-order valence-electron chi connectivity index (χ4n) is 0.732. The van der Waals surface area contributed by atoms with E-state index in [0.29, 0.717) is 16.7 Å². The second-order valence-corrected chi connectivity index (χ2v) is 4.38. The van der Waals surface area contributed by atoms with Crippen LogP contribution in [0.2, 0.25) is 0 Å². The lowest BCUT2D eigenvalue weighted by atomic mass is 10.3. The van der Waals surface area contributed by atoms with Gasteiger partial charge in [-0.05, 0) is 34.1 Å². The highest BCUT2D eigenvalue weighted by atomic mass is 79.9. The van der Waals surface area contributed by atoms with Crippen molar-refractivity contribution in [1.82, 2.24) is 0 Å². The molecule has 0 unspecified atom stereocenters. The van der Waals surface area contributed by atoms with Crippen LogP contribution < -0.4 is 0 Å². The molecule has 0 saturated carbocycles. The molecule has 78 valence electrons. The maximum absolute atomic E-state index is 12.7. The monoisotopic (exact) mass is 288 g/mol. The number of hydrogen-bond acceptors (Lipinski definition) is 1. The number of hydrogen-bond donors (Lipinski definition) is 0. The van der Waals surface area contributed by atoms with Gasteiger partial charge in [-0.1, -0.05) is 0 Å². The molecule has 0 atom stereocenters. The smallest absolute Gasteiger partial charge is 0.206 e. The van der Waals surface area contributed by atoms with Gasteiger partial charge in [-0.15, -0.1) is 11.8 Å². The topological polar surface area (TPSA) is 0 Å². The molecule has 6 heteroatoms. The third-order valence-electron chi connectivity index (χ3n) is 1.29. The van der Waals surface area contributed by atoms with E-state index in [9.17, 15) is 17.6 Å². The average molecular weight is 289 g/mol. The molecule has 0 nitrogen and oxygen atoms in total. The van der Waals surface area contributed by atoms with Crippen molar-refractivity contribution < 1.29 is 17.6 Å². The van der Waals surface area contributed by atoms with Crippen LogP contribution in [0.4, 0.5) is 17.6 Å². The van der Waals surface area contributed by atoms with Crippen molar-refractivity contribution in [3.8, 4) is 0 Å². The van der Waals surface area contributed by atoms with Gasteiger partial charge in [-0.3, -0.25) is 0 Å². The predicted octanol–water partition coefficient (Wildman–Crippen LogP) is 4.24. The van der Waals surface area contributed by atoms with Gasteiger partial charge < -0.3 is 0 Å². The van der Waals surface area contributed by atoms with Crippen LogP contribution in [-0.2, 0) is 0 Å². The second-order valence-electron chi connectivity index (χ2n) is 2.48. The molecule has 0 fully saturated rings. The fraction of sp³-hybridized carbons (Fsp3) is 0.250. The molecule has 0 saturated heterocycles.